The monoisotopic (exact) mass is 208 g/mol. The van der Waals surface area contributed by atoms with E-state index in [0.717, 1.165) is 0 Å². The van der Waals surface area contributed by atoms with Crippen LogP contribution in [0.25, 0.3) is 0 Å². The maximum Gasteiger partial charge on any atom is 0.508 e. The third-order valence-corrected chi connectivity index (χ3v) is 1.87. The molecule has 0 amide bonds. The summed E-state index contributed by atoms with van der Waals surface area (Å²) in [5.74, 6) is 0.657. The van der Waals surface area contributed by atoms with Gasteiger partial charge in [-0.2, -0.15) is 0 Å². The van der Waals surface area contributed by atoms with E-state index >= 15 is 0 Å². The van der Waals surface area contributed by atoms with Crippen molar-refractivity contribution in [3.8, 4) is 0 Å². The molecular formula is C8H16O4S. The van der Waals surface area contributed by atoms with Gasteiger partial charge in [0.25, 0.3) is 0 Å². The number of rotatable bonds is 5. The van der Waals surface area contributed by atoms with Crippen molar-refractivity contribution in [2.45, 2.75) is 13.8 Å². The molecule has 78 valence electrons. The number of carbonyl (C=O) groups excluding carboxylic acids is 1. The number of ether oxygens (including phenoxy) is 2. The van der Waals surface area contributed by atoms with E-state index in [2.05, 4.69) is 4.74 Å². The fourth-order valence-corrected chi connectivity index (χ4v) is 0.837. The van der Waals surface area contributed by atoms with E-state index in [9.17, 15) is 9.00 Å². The second kappa shape index (κ2) is 6.88. The van der Waals surface area contributed by atoms with Gasteiger partial charge in [0.2, 0.25) is 0 Å². The summed E-state index contributed by atoms with van der Waals surface area (Å²) < 4.78 is 19.9. The van der Waals surface area contributed by atoms with E-state index in [-0.39, 0.29) is 6.61 Å². The Hall–Kier alpha value is -0.580. The zero-order chi connectivity index (χ0) is 10.3. The average Bonchev–Trinajstić information content (AvgIpc) is 2.00. The molecule has 0 aromatic carbocycles. The lowest BCUT2D eigenvalue weighted by atomic mass is 10.2. The van der Waals surface area contributed by atoms with Crippen molar-refractivity contribution in [2.75, 3.05) is 25.2 Å². The van der Waals surface area contributed by atoms with Crippen LogP contribution in [0.2, 0.25) is 0 Å². The first-order chi connectivity index (χ1) is 6.02. The van der Waals surface area contributed by atoms with E-state index in [1.165, 1.54) is 0 Å². The van der Waals surface area contributed by atoms with Crippen LogP contribution in [0.5, 0.6) is 0 Å². The largest absolute Gasteiger partial charge is 0.508 e. The Bertz CT molecular complexity index is 179. The summed E-state index contributed by atoms with van der Waals surface area (Å²) in [7, 11) is -0.927. The van der Waals surface area contributed by atoms with E-state index in [0.29, 0.717) is 18.3 Å². The second-order valence-corrected chi connectivity index (χ2v) is 4.64. The lowest BCUT2D eigenvalue weighted by Crippen LogP contribution is -2.14. The van der Waals surface area contributed by atoms with Gasteiger partial charge in [-0.3, -0.25) is 4.21 Å². The quantitative estimate of drug-likeness (QED) is 0.636. The molecule has 1 atom stereocenters. The number of carbonyl (C=O) groups is 1. The third kappa shape index (κ3) is 9.33. The molecule has 1 unspecified atom stereocenters. The Morgan fingerprint density at radius 1 is 1.38 bits per heavy atom. The van der Waals surface area contributed by atoms with Crippen LogP contribution < -0.4 is 0 Å². The zero-order valence-corrected chi connectivity index (χ0v) is 9.06. The molecule has 0 radical (unpaired) electrons. The molecule has 0 aliphatic rings. The molecule has 4 nitrogen and oxygen atoms in total. The van der Waals surface area contributed by atoms with Crippen LogP contribution in [0.3, 0.4) is 0 Å². The summed E-state index contributed by atoms with van der Waals surface area (Å²) in [6, 6.07) is 0. The maximum atomic E-state index is 10.8. The molecule has 0 fully saturated rings. The molecule has 0 spiro atoms. The fourth-order valence-electron chi connectivity index (χ4n) is 0.519. The van der Waals surface area contributed by atoms with Crippen LogP contribution in [0.4, 0.5) is 4.79 Å². The van der Waals surface area contributed by atoms with Gasteiger partial charge in [0.15, 0.2) is 0 Å². The smallest absolute Gasteiger partial charge is 0.434 e. The van der Waals surface area contributed by atoms with E-state index in [1.54, 1.807) is 6.26 Å². The number of hydrogen-bond donors (Lipinski definition) is 0. The predicted molar refractivity (Wildman–Crippen MR) is 51.1 cm³/mol. The van der Waals surface area contributed by atoms with Crippen molar-refractivity contribution in [1.29, 1.82) is 0 Å². The Morgan fingerprint density at radius 3 is 2.46 bits per heavy atom. The van der Waals surface area contributed by atoms with Crippen LogP contribution in [0.15, 0.2) is 0 Å². The molecule has 0 bridgehead atoms. The lowest BCUT2D eigenvalue weighted by Gasteiger charge is -2.06. The van der Waals surface area contributed by atoms with Gasteiger partial charge >= 0.3 is 6.16 Å². The van der Waals surface area contributed by atoms with Gasteiger partial charge in [-0.15, -0.1) is 0 Å². The molecule has 0 saturated heterocycles. The first kappa shape index (κ1) is 12.4. The zero-order valence-electron chi connectivity index (χ0n) is 8.24. The summed E-state index contributed by atoms with van der Waals surface area (Å²) >= 11 is 0. The summed E-state index contributed by atoms with van der Waals surface area (Å²) in [5.41, 5.74) is 0. The molecule has 0 aliphatic heterocycles. The molecule has 0 saturated carbocycles. The van der Waals surface area contributed by atoms with Gasteiger partial charge in [0.05, 0.1) is 12.4 Å². The van der Waals surface area contributed by atoms with Crippen molar-refractivity contribution in [3.05, 3.63) is 0 Å². The molecule has 0 aromatic rings. The van der Waals surface area contributed by atoms with Crippen molar-refractivity contribution in [3.63, 3.8) is 0 Å². The maximum absolute atomic E-state index is 10.8. The summed E-state index contributed by atoms with van der Waals surface area (Å²) in [6.45, 7) is 4.39. The van der Waals surface area contributed by atoms with Crippen molar-refractivity contribution >= 4 is 17.0 Å². The van der Waals surface area contributed by atoms with Crippen LogP contribution in [-0.2, 0) is 20.3 Å². The van der Waals surface area contributed by atoms with E-state index in [4.69, 9.17) is 4.74 Å². The number of hydrogen-bond acceptors (Lipinski definition) is 4. The average molecular weight is 208 g/mol. The first-order valence-electron chi connectivity index (χ1n) is 4.12. The Morgan fingerprint density at radius 2 is 2.00 bits per heavy atom. The van der Waals surface area contributed by atoms with Gasteiger partial charge in [-0.1, -0.05) is 13.8 Å². The lowest BCUT2D eigenvalue weighted by molar-refractivity contribution is 0.0517. The molecule has 0 aromatic heterocycles. The minimum absolute atomic E-state index is 0.153. The molecule has 0 rings (SSSR count). The highest BCUT2D eigenvalue weighted by Crippen LogP contribution is 1.94. The molecular weight excluding hydrogens is 192 g/mol. The standard InChI is InChI=1S/C8H16O4S/c1-7(2)6-12-8(9)11-4-5-13(3)10/h7H,4-6H2,1-3H3. The third-order valence-electron chi connectivity index (χ3n) is 1.13. The van der Waals surface area contributed by atoms with Gasteiger partial charge in [0, 0.05) is 17.1 Å². The van der Waals surface area contributed by atoms with Crippen LogP contribution in [0.1, 0.15) is 13.8 Å². The van der Waals surface area contributed by atoms with Crippen LogP contribution in [-0.4, -0.2) is 35.6 Å². The molecule has 5 heteroatoms. The topological polar surface area (TPSA) is 52.6 Å². The minimum Gasteiger partial charge on any atom is -0.434 e. The highest BCUT2D eigenvalue weighted by Gasteiger charge is 2.04. The van der Waals surface area contributed by atoms with Gasteiger partial charge in [0.1, 0.15) is 6.61 Å². The highest BCUT2D eigenvalue weighted by molar-refractivity contribution is 7.84. The predicted octanol–water partition coefficient (Wildman–Crippen LogP) is 1.17. The first-order valence-corrected chi connectivity index (χ1v) is 5.84. The molecule has 0 aliphatic carbocycles. The normalized spacial score (nSPS) is 12.6. The second-order valence-electron chi connectivity index (χ2n) is 3.08. The van der Waals surface area contributed by atoms with Crippen LogP contribution >= 0.6 is 0 Å². The van der Waals surface area contributed by atoms with Crippen molar-refractivity contribution in [1.82, 2.24) is 0 Å². The summed E-state index contributed by atoms with van der Waals surface area (Å²) in [6.07, 6.45) is 0.877. The summed E-state index contributed by atoms with van der Waals surface area (Å²) in [4.78, 5) is 10.8. The summed E-state index contributed by atoms with van der Waals surface area (Å²) in [5, 5.41) is 0. The molecule has 0 heterocycles. The molecule has 0 N–H and O–H groups in total. The van der Waals surface area contributed by atoms with Gasteiger partial charge in [-0.25, -0.2) is 4.79 Å². The minimum atomic E-state index is -0.927. The SMILES string of the molecule is CC(C)COC(=O)OCCS(C)=O. The highest BCUT2D eigenvalue weighted by atomic mass is 32.2. The van der Waals surface area contributed by atoms with Gasteiger partial charge in [-0.05, 0) is 5.92 Å². The Balaban J connectivity index is 3.35. The van der Waals surface area contributed by atoms with E-state index < -0.39 is 17.0 Å². The Kier molecular flexibility index (Phi) is 6.58. The van der Waals surface area contributed by atoms with Crippen LogP contribution in [0, 0.1) is 5.92 Å². The Labute approximate surface area is 81.1 Å². The van der Waals surface area contributed by atoms with Gasteiger partial charge < -0.3 is 9.47 Å². The fraction of sp³-hybridized carbons (Fsp3) is 0.875. The van der Waals surface area contributed by atoms with Crippen molar-refractivity contribution in [2.24, 2.45) is 5.92 Å². The van der Waals surface area contributed by atoms with E-state index in [1.807, 2.05) is 13.8 Å². The molecule has 13 heavy (non-hydrogen) atoms. The van der Waals surface area contributed by atoms with Crippen molar-refractivity contribution < 1.29 is 18.5 Å².